The first-order valence-electron chi connectivity index (χ1n) is 7.71. The highest BCUT2D eigenvalue weighted by Gasteiger charge is 2.36. The van der Waals surface area contributed by atoms with Gasteiger partial charge in [-0.1, -0.05) is 30.7 Å². The minimum atomic E-state index is -0.562. The van der Waals surface area contributed by atoms with Crippen molar-refractivity contribution in [1.29, 1.82) is 0 Å². The average Bonchev–Trinajstić information content (AvgIpc) is 2.51. The molecular formula is C17H21ClN2O3. The first kappa shape index (κ1) is 17.3. The number of nitrogens with one attached hydrogen (secondary N) is 1. The molecule has 0 saturated carbocycles. The van der Waals surface area contributed by atoms with Crippen LogP contribution in [-0.2, 0) is 9.53 Å². The molecule has 6 heteroatoms. The van der Waals surface area contributed by atoms with Crippen molar-refractivity contribution in [3.05, 3.63) is 46.1 Å². The summed E-state index contributed by atoms with van der Waals surface area (Å²) in [4.78, 5) is 26.4. The summed E-state index contributed by atoms with van der Waals surface area (Å²) in [7, 11) is 0. The molecule has 0 aromatic heterocycles. The Kier molecular flexibility index (Phi) is 5.66. The van der Waals surface area contributed by atoms with Crippen LogP contribution in [0.1, 0.15) is 38.8 Å². The van der Waals surface area contributed by atoms with E-state index in [9.17, 15) is 9.59 Å². The summed E-state index contributed by atoms with van der Waals surface area (Å²) >= 11 is 6.05. The number of carbonyl (C=O) groups excluding carboxylic acids is 2. The molecule has 5 nitrogen and oxygen atoms in total. The lowest BCUT2D eigenvalue weighted by molar-refractivity contribution is -0.139. The SMILES string of the molecule is CCCN1C(=O)N[C@@H](c2cccc(Cl)c2)C(C(=O)OCC)=C1C. The van der Waals surface area contributed by atoms with Crippen LogP contribution >= 0.6 is 11.6 Å². The van der Waals surface area contributed by atoms with Crippen LogP contribution in [0.15, 0.2) is 35.5 Å². The van der Waals surface area contributed by atoms with Crippen molar-refractivity contribution in [2.24, 2.45) is 0 Å². The minimum absolute atomic E-state index is 0.220. The molecule has 0 radical (unpaired) electrons. The molecule has 1 aromatic carbocycles. The van der Waals surface area contributed by atoms with Crippen molar-refractivity contribution in [2.75, 3.05) is 13.2 Å². The molecule has 1 N–H and O–H groups in total. The smallest absolute Gasteiger partial charge is 0.338 e. The van der Waals surface area contributed by atoms with Crippen LogP contribution in [0.25, 0.3) is 0 Å². The Bertz CT molecular complexity index is 642. The van der Waals surface area contributed by atoms with Gasteiger partial charge in [0, 0.05) is 17.3 Å². The molecular weight excluding hydrogens is 316 g/mol. The quantitative estimate of drug-likeness (QED) is 0.835. The van der Waals surface area contributed by atoms with E-state index in [0.29, 0.717) is 22.8 Å². The van der Waals surface area contributed by atoms with E-state index in [1.54, 1.807) is 36.9 Å². The summed E-state index contributed by atoms with van der Waals surface area (Å²) in [6.07, 6.45) is 0.794. The Morgan fingerprint density at radius 2 is 2.13 bits per heavy atom. The molecule has 124 valence electrons. The number of allylic oxidation sites excluding steroid dienone is 1. The molecule has 0 unspecified atom stereocenters. The third-order valence-corrected chi connectivity index (χ3v) is 3.96. The van der Waals surface area contributed by atoms with E-state index < -0.39 is 12.0 Å². The lowest BCUT2D eigenvalue weighted by Gasteiger charge is -2.35. The maximum atomic E-state index is 12.4. The van der Waals surface area contributed by atoms with Crippen molar-refractivity contribution in [2.45, 2.75) is 33.2 Å². The van der Waals surface area contributed by atoms with E-state index in [0.717, 1.165) is 12.0 Å². The minimum Gasteiger partial charge on any atom is -0.463 e. The van der Waals surface area contributed by atoms with Gasteiger partial charge in [0.2, 0.25) is 0 Å². The fraction of sp³-hybridized carbons (Fsp3) is 0.412. The number of rotatable bonds is 5. The van der Waals surface area contributed by atoms with Crippen molar-refractivity contribution >= 4 is 23.6 Å². The second-order valence-corrected chi connectivity index (χ2v) is 5.75. The van der Waals surface area contributed by atoms with Crippen LogP contribution in [0.2, 0.25) is 5.02 Å². The zero-order valence-electron chi connectivity index (χ0n) is 13.6. The Hall–Kier alpha value is -2.01. The maximum Gasteiger partial charge on any atom is 0.338 e. The predicted octanol–water partition coefficient (Wildman–Crippen LogP) is 3.65. The number of benzene rings is 1. The first-order valence-corrected chi connectivity index (χ1v) is 8.08. The van der Waals surface area contributed by atoms with Gasteiger partial charge < -0.3 is 10.1 Å². The third-order valence-electron chi connectivity index (χ3n) is 3.72. The van der Waals surface area contributed by atoms with Crippen LogP contribution in [0.4, 0.5) is 4.79 Å². The molecule has 1 heterocycles. The normalized spacial score (nSPS) is 18.0. The first-order chi connectivity index (χ1) is 11.0. The molecule has 1 atom stereocenters. The van der Waals surface area contributed by atoms with E-state index in [1.807, 2.05) is 13.0 Å². The van der Waals surface area contributed by atoms with Crippen molar-refractivity contribution in [3.63, 3.8) is 0 Å². The van der Waals surface area contributed by atoms with E-state index in [1.165, 1.54) is 0 Å². The number of hydrogen-bond donors (Lipinski definition) is 1. The van der Waals surface area contributed by atoms with Crippen LogP contribution in [0, 0.1) is 0 Å². The number of hydrogen-bond acceptors (Lipinski definition) is 3. The van der Waals surface area contributed by atoms with Crippen LogP contribution in [0.3, 0.4) is 0 Å². The van der Waals surface area contributed by atoms with Crippen LogP contribution < -0.4 is 5.32 Å². The Labute approximate surface area is 141 Å². The summed E-state index contributed by atoms with van der Waals surface area (Å²) in [6, 6.07) is 6.34. The van der Waals surface area contributed by atoms with E-state index in [-0.39, 0.29) is 12.6 Å². The molecule has 1 aliphatic heterocycles. The van der Waals surface area contributed by atoms with E-state index in [4.69, 9.17) is 16.3 Å². The average molecular weight is 337 g/mol. The maximum absolute atomic E-state index is 12.4. The number of nitrogens with zero attached hydrogens (tertiary/aromatic N) is 1. The van der Waals surface area contributed by atoms with Gasteiger partial charge in [-0.25, -0.2) is 9.59 Å². The fourth-order valence-electron chi connectivity index (χ4n) is 2.68. The summed E-state index contributed by atoms with van der Waals surface area (Å²) < 4.78 is 5.19. The Morgan fingerprint density at radius 1 is 1.39 bits per heavy atom. The van der Waals surface area contributed by atoms with Gasteiger partial charge in [-0.05, 0) is 38.0 Å². The number of halogens is 1. The van der Waals surface area contributed by atoms with Crippen molar-refractivity contribution in [1.82, 2.24) is 10.2 Å². The molecule has 2 amide bonds. The summed E-state index contributed by atoms with van der Waals surface area (Å²) in [5.41, 5.74) is 1.82. The van der Waals surface area contributed by atoms with Gasteiger partial charge in [-0.3, -0.25) is 4.90 Å². The molecule has 23 heavy (non-hydrogen) atoms. The largest absolute Gasteiger partial charge is 0.463 e. The predicted molar refractivity (Wildman–Crippen MR) is 89.1 cm³/mol. The molecule has 1 aliphatic rings. The lowest BCUT2D eigenvalue weighted by Crippen LogP contribution is -2.48. The molecule has 2 rings (SSSR count). The molecule has 0 fully saturated rings. The number of esters is 1. The van der Waals surface area contributed by atoms with E-state index >= 15 is 0 Å². The van der Waals surface area contributed by atoms with Gasteiger partial charge >= 0.3 is 12.0 Å². The zero-order chi connectivity index (χ0) is 17.0. The van der Waals surface area contributed by atoms with E-state index in [2.05, 4.69) is 5.32 Å². The molecule has 0 bridgehead atoms. The zero-order valence-corrected chi connectivity index (χ0v) is 14.3. The van der Waals surface area contributed by atoms with Crippen molar-refractivity contribution < 1.29 is 14.3 Å². The number of urea groups is 1. The second kappa shape index (κ2) is 7.51. The summed E-state index contributed by atoms with van der Waals surface area (Å²) in [5, 5.41) is 3.43. The van der Waals surface area contributed by atoms with Gasteiger partial charge in [-0.15, -0.1) is 0 Å². The summed E-state index contributed by atoms with van der Waals surface area (Å²) in [5.74, 6) is -0.420. The Morgan fingerprint density at radius 3 is 2.74 bits per heavy atom. The van der Waals surface area contributed by atoms with Gasteiger partial charge in [0.05, 0.1) is 18.2 Å². The van der Waals surface area contributed by atoms with Gasteiger partial charge in [-0.2, -0.15) is 0 Å². The summed E-state index contributed by atoms with van der Waals surface area (Å²) in [6.45, 7) is 6.34. The number of carbonyl (C=O) groups is 2. The van der Waals surface area contributed by atoms with Gasteiger partial charge in [0.25, 0.3) is 0 Å². The molecule has 0 spiro atoms. The Balaban J connectivity index is 2.51. The highest BCUT2D eigenvalue weighted by molar-refractivity contribution is 6.30. The van der Waals surface area contributed by atoms with Crippen LogP contribution in [0.5, 0.6) is 0 Å². The molecule has 0 aliphatic carbocycles. The standard InChI is InChI=1S/C17H21ClN2O3/c1-4-9-20-11(3)14(16(21)23-5-2)15(19-17(20)22)12-7-6-8-13(18)10-12/h6-8,10,15H,4-5,9H2,1-3H3,(H,19,22)/t15-/m0/s1. The highest BCUT2D eigenvalue weighted by atomic mass is 35.5. The monoisotopic (exact) mass is 336 g/mol. The third kappa shape index (κ3) is 3.67. The topological polar surface area (TPSA) is 58.6 Å². The molecule has 0 saturated heterocycles. The van der Waals surface area contributed by atoms with Crippen molar-refractivity contribution in [3.8, 4) is 0 Å². The lowest BCUT2D eigenvalue weighted by atomic mass is 9.95. The fourth-order valence-corrected chi connectivity index (χ4v) is 2.88. The molecule has 1 aromatic rings. The second-order valence-electron chi connectivity index (χ2n) is 5.31. The highest BCUT2D eigenvalue weighted by Crippen LogP contribution is 2.32. The van der Waals surface area contributed by atoms with Gasteiger partial charge in [0.15, 0.2) is 0 Å². The van der Waals surface area contributed by atoms with Gasteiger partial charge in [0.1, 0.15) is 0 Å². The van der Waals surface area contributed by atoms with Crippen LogP contribution in [-0.4, -0.2) is 30.1 Å². The number of amides is 2. The number of ether oxygens (including phenoxy) is 1.